The van der Waals surface area contributed by atoms with Crippen LogP contribution in [0.4, 0.5) is 0 Å². The summed E-state index contributed by atoms with van der Waals surface area (Å²) in [6, 6.07) is 0. The zero-order valence-corrected chi connectivity index (χ0v) is 19.5. The van der Waals surface area contributed by atoms with Crippen LogP contribution in [0.2, 0.25) is 0 Å². The molecule has 1 aliphatic heterocycles. The van der Waals surface area contributed by atoms with Gasteiger partial charge in [0.1, 0.15) is 0 Å². The summed E-state index contributed by atoms with van der Waals surface area (Å²) in [6.45, 7) is 12.3. The highest BCUT2D eigenvalue weighted by molar-refractivity contribution is 5.26. The molecule has 0 aromatic carbocycles. The van der Waals surface area contributed by atoms with Crippen molar-refractivity contribution in [3.63, 3.8) is 0 Å². The van der Waals surface area contributed by atoms with Crippen molar-refractivity contribution in [2.45, 2.75) is 117 Å². The summed E-state index contributed by atoms with van der Waals surface area (Å²) in [5, 5.41) is 10.2. The molecule has 2 heteroatoms. The molecule has 2 nitrogen and oxygen atoms in total. The molecular weight excluding hydrogens is 356 g/mol. The Morgan fingerprint density at radius 3 is 2.62 bits per heavy atom. The highest BCUT2D eigenvalue weighted by Gasteiger charge is 2.67. The molecule has 4 aliphatic carbocycles. The van der Waals surface area contributed by atoms with Crippen molar-refractivity contribution in [2.75, 3.05) is 0 Å². The minimum atomic E-state index is -0.0923. The molecule has 0 aromatic rings. The van der Waals surface area contributed by atoms with Crippen molar-refractivity contribution < 1.29 is 9.84 Å². The van der Waals surface area contributed by atoms with Crippen LogP contribution in [0.15, 0.2) is 11.6 Å². The van der Waals surface area contributed by atoms with Gasteiger partial charge in [-0.05, 0) is 112 Å². The van der Waals surface area contributed by atoms with Gasteiger partial charge in [0.05, 0.1) is 17.8 Å². The van der Waals surface area contributed by atoms with Gasteiger partial charge in [-0.15, -0.1) is 0 Å². The number of aliphatic hydroxyl groups excluding tert-OH is 1. The van der Waals surface area contributed by atoms with E-state index in [-0.39, 0.29) is 11.7 Å². The third-order valence-electron chi connectivity index (χ3n) is 10.8. The first-order chi connectivity index (χ1) is 13.7. The molecule has 0 unspecified atom stereocenters. The Labute approximate surface area is 178 Å². The first-order valence-electron chi connectivity index (χ1n) is 12.7. The van der Waals surface area contributed by atoms with Crippen LogP contribution in [0.25, 0.3) is 0 Å². The molecule has 9 atom stereocenters. The number of hydrogen-bond donors (Lipinski definition) is 1. The van der Waals surface area contributed by atoms with Crippen molar-refractivity contribution in [2.24, 2.45) is 40.4 Å². The van der Waals surface area contributed by atoms with E-state index in [1.807, 2.05) is 0 Å². The second-order valence-corrected chi connectivity index (χ2v) is 12.6. The van der Waals surface area contributed by atoms with Gasteiger partial charge >= 0.3 is 0 Å². The van der Waals surface area contributed by atoms with Gasteiger partial charge in [0.25, 0.3) is 0 Å². The van der Waals surface area contributed by atoms with Crippen molar-refractivity contribution in [3.8, 4) is 0 Å². The fourth-order valence-electron chi connectivity index (χ4n) is 8.99. The molecule has 1 heterocycles. The molecule has 0 aromatic heterocycles. The highest BCUT2D eigenvalue weighted by Crippen LogP contribution is 2.70. The monoisotopic (exact) mass is 400 g/mol. The molecule has 0 spiro atoms. The lowest BCUT2D eigenvalue weighted by atomic mass is 9.47. The number of ether oxygens (including phenoxy) is 1. The summed E-state index contributed by atoms with van der Waals surface area (Å²) >= 11 is 0. The van der Waals surface area contributed by atoms with Gasteiger partial charge in [-0.25, -0.2) is 0 Å². The van der Waals surface area contributed by atoms with Crippen molar-refractivity contribution in [3.05, 3.63) is 11.6 Å². The van der Waals surface area contributed by atoms with Crippen LogP contribution in [0.3, 0.4) is 0 Å². The van der Waals surface area contributed by atoms with Crippen LogP contribution in [-0.4, -0.2) is 22.9 Å². The lowest BCUT2D eigenvalue weighted by molar-refractivity contribution is -0.0596. The van der Waals surface area contributed by atoms with Crippen LogP contribution in [0.5, 0.6) is 0 Å². The minimum absolute atomic E-state index is 0.0923. The van der Waals surface area contributed by atoms with Crippen LogP contribution in [0, 0.1) is 40.4 Å². The summed E-state index contributed by atoms with van der Waals surface area (Å²) in [7, 11) is 0. The SMILES string of the molecule is CC(C)CC[C@H]1O[C@@]1(C)[C@H]1CC[C@H]2[C@@H]3CC=C4C[C@@H](O)CC[C@]4(C)[C@H]3CC[C@@]21C. The first kappa shape index (κ1) is 20.6. The van der Waals surface area contributed by atoms with E-state index < -0.39 is 0 Å². The Morgan fingerprint density at radius 2 is 1.86 bits per heavy atom. The maximum absolute atomic E-state index is 10.2. The van der Waals surface area contributed by atoms with E-state index in [1.165, 1.54) is 51.4 Å². The molecule has 4 fully saturated rings. The summed E-state index contributed by atoms with van der Waals surface area (Å²) in [5.41, 5.74) is 2.58. The van der Waals surface area contributed by atoms with Gasteiger partial charge in [0.15, 0.2) is 0 Å². The molecule has 0 amide bonds. The molecule has 5 rings (SSSR count). The molecule has 1 N–H and O–H groups in total. The molecule has 0 bridgehead atoms. The smallest absolute Gasteiger partial charge is 0.0953 e. The molecule has 29 heavy (non-hydrogen) atoms. The number of aliphatic hydroxyl groups is 1. The molecule has 164 valence electrons. The van der Waals surface area contributed by atoms with Gasteiger partial charge in [-0.1, -0.05) is 39.3 Å². The highest BCUT2D eigenvalue weighted by atomic mass is 16.6. The van der Waals surface area contributed by atoms with E-state index in [0.29, 0.717) is 16.9 Å². The van der Waals surface area contributed by atoms with Crippen molar-refractivity contribution in [1.29, 1.82) is 0 Å². The zero-order chi connectivity index (χ0) is 20.6. The van der Waals surface area contributed by atoms with E-state index in [1.54, 1.807) is 5.57 Å². The zero-order valence-electron chi connectivity index (χ0n) is 19.5. The Kier molecular flexibility index (Phi) is 4.84. The topological polar surface area (TPSA) is 32.8 Å². The lowest BCUT2D eigenvalue weighted by Gasteiger charge is -2.58. The largest absolute Gasteiger partial charge is 0.393 e. The minimum Gasteiger partial charge on any atom is -0.393 e. The Hall–Kier alpha value is -0.340. The standard InChI is InChI=1S/C27H44O2/c1-17(2)6-11-24-27(5,29-24)23-10-9-21-20-8-7-18-16-19(28)12-14-25(18,3)22(20)13-15-26(21,23)4/h7,17,19-24,28H,6,8-16H2,1-5H3/t19-,20-,21-,22-,23-,24+,25-,26-,27-/m0/s1. The average Bonchev–Trinajstić information content (AvgIpc) is 3.17. The van der Waals surface area contributed by atoms with E-state index in [2.05, 4.69) is 40.7 Å². The van der Waals surface area contributed by atoms with Crippen LogP contribution in [0.1, 0.15) is 98.8 Å². The van der Waals surface area contributed by atoms with E-state index in [0.717, 1.165) is 42.4 Å². The quantitative estimate of drug-likeness (QED) is 0.430. The summed E-state index contributed by atoms with van der Waals surface area (Å²) in [5.74, 6) is 4.11. The third-order valence-corrected chi connectivity index (χ3v) is 10.8. The maximum Gasteiger partial charge on any atom is 0.0953 e. The van der Waals surface area contributed by atoms with Gasteiger partial charge in [0.2, 0.25) is 0 Å². The van der Waals surface area contributed by atoms with Gasteiger partial charge in [0, 0.05) is 0 Å². The average molecular weight is 401 g/mol. The van der Waals surface area contributed by atoms with Crippen LogP contribution in [-0.2, 0) is 4.74 Å². The predicted octanol–water partition coefficient (Wildman–Crippen LogP) is 6.52. The Morgan fingerprint density at radius 1 is 1.07 bits per heavy atom. The molecule has 3 saturated carbocycles. The normalized spacial score (nSPS) is 53.8. The lowest BCUT2D eigenvalue weighted by Crippen LogP contribution is -2.51. The number of rotatable bonds is 4. The fourth-order valence-corrected chi connectivity index (χ4v) is 8.99. The summed E-state index contributed by atoms with van der Waals surface area (Å²) < 4.78 is 6.47. The van der Waals surface area contributed by atoms with Crippen LogP contribution < -0.4 is 0 Å². The van der Waals surface area contributed by atoms with Crippen molar-refractivity contribution in [1.82, 2.24) is 0 Å². The number of hydrogen-bond acceptors (Lipinski definition) is 2. The van der Waals surface area contributed by atoms with E-state index >= 15 is 0 Å². The second kappa shape index (κ2) is 6.83. The van der Waals surface area contributed by atoms with E-state index in [9.17, 15) is 5.11 Å². The molecule has 1 saturated heterocycles. The van der Waals surface area contributed by atoms with Crippen LogP contribution >= 0.6 is 0 Å². The third kappa shape index (κ3) is 3.02. The Bertz CT molecular complexity index is 682. The summed E-state index contributed by atoms with van der Waals surface area (Å²) in [6.07, 6.45) is 15.5. The second-order valence-electron chi connectivity index (χ2n) is 12.6. The maximum atomic E-state index is 10.2. The molecule has 0 radical (unpaired) electrons. The first-order valence-corrected chi connectivity index (χ1v) is 12.7. The van der Waals surface area contributed by atoms with E-state index in [4.69, 9.17) is 4.74 Å². The fraction of sp³-hybridized carbons (Fsp3) is 0.926. The van der Waals surface area contributed by atoms with Crippen molar-refractivity contribution >= 4 is 0 Å². The van der Waals surface area contributed by atoms with Gasteiger partial charge in [-0.2, -0.15) is 0 Å². The Balaban J connectivity index is 1.35. The number of allylic oxidation sites excluding steroid dienone is 1. The molecule has 5 aliphatic rings. The number of fused-ring (bicyclic) bond motifs is 5. The van der Waals surface area contributed by atoms with Gasteiger partial charge < -0.3 is 9.84 Å². The summed E-state index contributed by atoms with van der Waals surface area (Å²) in [4.78, 5) is 0. The molecular formula is C27H44O2. The number of epoxide rings is 1. The predicted molar refractivity (Wildman–Crippen MR) is 119 cm³/mol. The van der Waals surface area contributed by atoms with Gasteiger partial charge in [-0.3, -0.25) is 0 Å².